The van der Waals surface area contributed by atoms with E-state index in [1.54, 1.807) is 32.5 Å². The fourth-order valence-electron chi connectivity index (χ4n) is 2.60. The number of carbonyl (C=O) groups excluding carboxylic acids is 1. The molecule has 0 aliphatic heterocycles. The molecule has 3 rings (SSSR count). The summed E-state index contributed by atoms with van der Waals surface area (Å²) in [4.78, 5) is 16.6. The van der Waals surface area contributed by atoms with E-state index in [-0.39, 0.29) is 5.91 Å². The number of aryl methyl sites for hydroxylation is 1. The van der Waals surface area contributed by atoms with Crippen LogP contribution in [0.1, 0.15) is 16.1 Å². The summed E-state index contributed by atoms with van der Waals surface area (Å²) in [6, 6.07) is 16.6. The smallest absolute Gasteiger partial charge is 0.274 e. The molecule has 0 aliphatic carbocycles. The summed E-state index contributed by atoms with van der Waals surface area (Å²) in [6.45, 7) is 1.97. The normalized spacial score (nSPS) is 10.2. The molecule has 0 saturated heterocycles. The topological polar surface area (TPSA) is 72.5 Å². The van der Waals surface area contributed by atoms with Gasteiger partial charge in [-0.1, -0.05) is 12.1 Å². The van der Waals surface area contributed by atoms with Gasteiger partial charge >= 0.3 is 0 Å². The van der Waals surface area contributed by atoms with Crippen LogP contribution in [0.3, 0.4) is 0 Å². The molecule has 0 bridgehead atoms. The van der Waals surface area contributed by atoms with Crippen molar-refractivity contribution in [3.63, 3.8) is 0 Å². The number of methoxy groups -OCH3 is 2. The summed E-state index contributed by atoms with van der Waals surface area (Å²) >= 11 is 0. The van der Waals surface area contributed by atoms with Crippen LogP contribution in [0.2, 0.25) is 0 Å². The number of carbonyl (C=O) groups is 1. The molecule has 1 heterocycles. The highest BCUT2D eigenvalue weighted by Crippen LogP contribution is 2.31. The van der Waals surface area contributed by atoms with E-state index in [4.69, 9.17) is 9.47 Å². The summed E-state index contributed by atoms with van der Waals surface area (Å²) in [7, 11) is 3.18. The predicted octanol–water partition coefficient (Wildman–Crippen LogP) is 4.40. The average molecular weight is 363 g/mol. The minimum absolute atomic E-state index is 0.252. The molecule has 0 aliphatic rings. The van der Waals surface area contributed by atoms with Gasteiger partial charge in [-0.05, 0) is 48.9 Å². The van der Waals surface area contributed by atoms with Gasteiger partial charge in [0, 0.05) is 17.4 Å². The Morgan fingerprint density at radius 2 is 1.67 bits per heavy atom. The summed E-state index contributed by atoms with van der Waals surface area (Å²) in [5, 5.41) is 6.07. The van der Waals surface area contributed by atoms with Gasteiger partial charge in [0.15, 0.2) is 11.5 Å². The molecular weight excluding hydrogens is 342 g/mol. The summed E-state index contributed by atoms with van der Waals surface area (Å²) in [6.07, 6.45) is 1.61. The van der Waals surface area contributed by atoms with Crippen molar-refractivity contribution >= 4 is 23.0 Å². The zero-order valence-corrected chi connectivity index (χ0v) is 15.4. The number of rotatable bonds is 6. The van der Waals surface area contributed by atoms with Crippen LogP contribution in [0.25, 0.3) is 0 Å². The van der Waals surface area contributed by atoms with Gasteiger partial charge < -0.3 is 20.1 Å². The van der Waals surface area contributed by atoms with E-state index in [9.17, 15) is 4.79 Å². The van der Waals surface area contributed by atoms with Crippen molar-refractivity contribution in [2.24, 2.45) is 0 Å². The lowest BCUT2D eigenvalue weighted by atomic mass is 10.2. The Morgan fingerprint density at radius 3 is 2.33 bits per heavy atom. The molecule has 3 aromatic rings. The quantitative estimate of drug-likeness (QED) is 0.679. The van der Waals surface area contributed by atoms with E-state index < -0.39 is 0 Å². The minimum Gasteiger partial charge on any atom is -0.493 e. The van der Waals surface area contributed by atoms with Crippen molar-refractivity contribution in [3.8, 4) is 11.5 Å². The Labute approximate surface area is 158 Å². The van der Waals surface area contributed by atoms with Gasteiger partial charge in [-0.15, -0.1) is 0 Å². The SMILES string of the molecule is COc1ccc(Nc2ccc(C(=O)Nc3cccc(C)c3)nc2)cc1OC. The van der Waals surface area contributed by atoms with Crippen molar-refractivity contribution in [1.82, 2.24) is 4.98 Å². The number of nitrogens with one attached hydrogen (secondary N) is 2. The third-order valence-electron chi connectivity index (χ3n) is 3.94. The lowest BCUT2D eigenvalue weighted by Crippen LogP contribution is -2.13. The van der Waals surface area contributed by atoms with E-state index >= 15 is 0 Å². The van der Waals surface area contributed by atoms with Crippen LogP contribution in [0.5, 0.6) is 11.5 Å². The lowest BCUT2D eigenvalue weighted by molar-refractivity contribution is 0.102. The Bertz CT molecular complexity index is 940. The molecule has 6 nitrogen and oxygen atoms in total. The molecule has 0 spiro atoms. The molecule has 1 aromatic heterocycles. The van der Waals surface area contributed by atoms with Crippen molar-refractivity contribution in [3.05, 3.63) is 72.1 Å². The molecule has 1 amide bonds. The highest BCUT2D eigenvalue weighted by Gasteiger charge is 2.09. The lowest BCUT2D eigenvalue weighted by Gasteiger charge is -2.11. The molecule has 0 unspecified atom stereocenters. The fraction of sp³-hybridized carbons (Fsp3) is 0.143. The number of aromatic nitrogens is 1. The largest absolute Gasteiger partial charge is 0.493 e. The van der Waals surface area contributed by atoms with Crippen LogP contribution in [-0.2, 0) is 0 Å². The van der Waals surface area contributed by atoms with Gasteiger partial charge in [-0.3, -0.25) is 4.79 Å². The van der Waals surface area contributed by atoms with Gasteiger partial charge in [-0.25, -0.2) is 4.98 Å². The molecule has 0 fully saturated rings. The maximum atomic E-state index is 12.3. The number of benzene rings is 2. The maximum Gasteiger partial charge on any atom is 0.274 e. The van der Waals surface area contributed by atoms with E-state index in [1.165, 1.54) is 0 Å². The van der Waals surface area contributed by atoms with Crippen molar-refractivity contribution < 1.29 is 14.3 Å². The van der Waals surface area contributed by atoms with E-state index in [1.807, 2.05) is 49.4 Å². The molecule has 0 saturated carbocycles. The monoisotopic (exact) mass is 363 g/mol. The van der Waals surface area contributed by atoms with Crippen LogP contribution in [0.15, 0.2) is 60.8 Å². The number of amides is 1. The van der Waals surface area contributed by atoms with Crippen LogP contribution in [0.4, 0.5) is 17.1 Å². The zero-order chi connectivity index (χ0) is 19.2. The summed E-state index contributed by atoms with van der Waals surface area (Å²) in [5.74, 6) is 1.03. The number of anilines is 3. The second-order valence-corrected chi connectivity index (χ2v) is 5.95. The van der Waals surface area contributed by atoms with Gasteiger partial charge in [0.05, 0.1) is 26.1 Å². The first-order valence-electron chi connectivity index (χ1n) is 8.42. The van der Waals surface area contributed by atoms with Gasteiger partial charge in [0.25, 0.3) is 5.91 Å². The first-order chi connectivity index (χ1) is 13.1. The summed E-state index contributed by atoms with van der Waals surface area (Å²) < 4.78 is 10.5. The number of ether oxygens (including phenoxy) is 2. The number of nitrogens with zero attached hydrogens (tertiary/aromatic N) is 1. The minimum atomic E-state index is -0.252. The highest BCUT2D eigenvalue weighted by atomic mass is 16.5. The maximum absolute atomic E-state index is 12.3. The molecule has 0 radical (unpaired) electrons. The van der Waals surface area contributed by atoms with Crippen LogP contribution in [-0.4, -0.2) is 25.1 Å². The molecule has 0 atom stereocenters. The van der Waals surface area contributed by atoms with E-state index in [0.717, 1.165) is 22.6 Å². The highest BCUT2D eigenvalue weighted by molar-refractivity contribution is 6.03. The van der Waals surface area contributed by atoms with Gasteiger partial charge in [0.2, 0.25) is 0 Å². The first kappa shape index (κ1) is 18.3. The number of pyridine rings is 1. The van der Waals surface area contributed by atoms with E-state index in [0.29, 0.717) is 17.2 Å². The molecule has 138 valence electrons. The van der Waals surface area contributed by atoms with E-state index in [2.05, 4.69) is 15.6 Å². The number of hydrogen-bond donors (Lipinski definition) is 2. The van der Waals surface area contributed by atoms with Crippen molar-refractivity contribution in [2.45, 2.75) is 6.92 Å². The molecule has 2 aromatic carbocycles. The van der Waals surface area contributed by atoms with Crippen LogP contribution < -0.4 is 20.1 Å². The Balaban J connectivity index is 1.69. The average Bonchev–Trinajstić information content (AvgIpc) is 2.68. The second kappa shape index (κ2) is 8.23. The molecule has 2 N–H and O–H groups in total. The molecule has 27 heavy (non-hydrogen) atoms. The van der Waals surface area contributed by atoms with Crippen molar-refractivity contribution in [2.75, 3.05) is 24.9 Å². The van der Waals surface area contributed by atoms with Crippen LogP contribution in [0, 0.1) is 6.92 Å². The third-order valence-corrected chi connectivity index (χ3v) is 3.94. The Kier molecular flexibility index (Phi) is 5.56. The van der Waals surface area contributed by atoms with Crippen LogP contribution >= 0.6 is 0 Å². The Hall–Kier alpha value is -3.54. The number of hydrogen-bond acceptors (Lipinski definition) is 5. The predicted molar refractivity (Wildman–Crippen MR) is 106 cm³/mol. The summed E-state index contributed by atoms with van der Waals surface area (Å²) in [5.41, 5.74) is 3.75. The zero-order valence-electron chi connectivity index (χ0n) is 15.4. The standard InChI is InChI=1S/C21H21N3O3/c1-14-5-4-6-15(11-14)24-21(25)18-9-7-17(13-22-18)23-16-8-10-19(26-2)20(12-16)27-3/h4-13,23H,1-3H3,(H,24,25). The van der Waals surface area contributed by atoms with Crippen molar-refractivity contribution in [1.29, 1.82) is 0 Å². The van der Waals surface area contributed by atoms with Gasteiger partial charge in [0.1, 0.15) is 5.69 Å². The second-order valence-electron chi connectivity index (χ2n) is 5.95. The Morgan fingerprint density at radius 1 is 0.889 bits per heavy atom. The third kappa shape index (κ3) is 4.55. The first-order valence-corrected chi connectivity index (χ1v) is 8.42. The molecular formula is C21H21N3O3. The van der Waals surface area contributed by atoms with Gasteiger partial charge in [-0.2, -0.15) is 0 Å². The molecule has 6 heteroatoms. The fourth-order valence-corrected chi connectivity index (χ4v) is 2.60.